The number of sulfone groups is 1. The van der Waals surface area contributed by atoms with E-state index in [9.17, 15) is 13.2 Å². The Balaban J connectivity index is 2.00. The van der Waals surface area contributed by atoms with Crippen LogP contribution in [0.5, 0.6) is 0 Å². The molecule has 27 heavy (non-hydrogen) atoms. The van der Waals surface area contributed by atoms with Gasteiger partial charge in [0.25, 0.3) is 5.56 Å². The van der Waals surface area contributed by atoms with Crippen molar-refractivity contribution in [2.24, 2.45) is 11.3 Å². The zero-order valence-electron chi connectivity index (χ0n) is 14.9. The summed E-state index contributed by atoms with van der Waals surface area (Å²) in [6.07, 6.45) is 3.60. The highest BCUT2D eigenvalue weighted by molar-refractivity contribution is 9.12. The lowest BCUT2D eigenvalue weighted by atomic mass is 9.77. The molecule has 0 aliphatic heterocycles. The highest BCUT2D eigenvalue weighted by Crippen LogP contribution is 2.42. The Kier molecular flexibility index (Phi) is 3.94. The quantitative estimate of drug-likeness (QED) is 0.648. The molecule has 0 spiro atoms. The molecule has 2 aromatic heterocycles. The third-order valence-electron chi connectivity index (χ3n) is 5.09. The summed E-state index contributed by atoms with van der Waals surface area (Å²) in [5.74, 6) is 0.159. The molecule has 0 saturated heterocycles. The number of benzene rings is 1. The van der Waals surface area contributed by atoms with Gasteiger partial charge in [-0.15, -0.1) is 5.10 Å². The van der Waals surface area contributed by atoms with Crippen LogP contribution in [0.4, 0.5) is 0 Å². The number of nitrogens with one attached hydrogen (secondary N) is 1. The first-order valence-corrected chi connectivity index (χ1v) is 10.6. The van der Waals surface area contributed by atoms with Crippen LogP contribution in [0, 0.1) is 11.3 Å². The van der Waals surface area contributed by atoms with Crippen LogP contribution in [-0.4, -0.2) is 28.2 Å². The fraction of sp³-hybridized carbons (Fsp3) is 0.278. The monoisotopic (exact) mass is 448 g/mol. The van der Waals surface area contributed by atoms with E-state index in [1.165, 1.54) is 4.52 Å². The van der Waals surface area contributed by atoms with Gasteiger partial charge in [-0.25, -0.2) is 18.1 Å². The second-order valence-electron chi connectivity index (χ2n) is 7.25. The topological polar surface area (TPSA) is 97.2 Å². The fourth-order valence-corrected chi connectivity index (χ4v) is 5.79. The number of halogens is 1. The molecule has 1 aliphatic rings. The Morgan fingerprint density at radius 3 is 2.70 bits per heavy atom. The van der Waals surface area contributed by atoms with E-state index >= 15 is 0 Å². The third kappa shape index (κ3) is 2.68. The van der Waals surface area contributed by atoms with Gasteiger partial charge in [0, 0.05) is 4.48 Å². The maximum atomic E-state index is 13.3. The van der Waals surface area contributed by atoms with Crippen molar-refractivity contribution in [2.75, 3.05) is 0 Å². The number of hydrogen-bond donors (Lipinski definition) is 1. The maximum Gasteiger partial charge on any atom is 0.281 e. The Morgan fingerprint density at radius 2 is 1.96 bits per heavy atom. The Bertz CT molecular complexity index is 1320. The van der Waals surface area contributed by atoms with E-state index < -0.39 is 15.4 Å². The van der Waals surface area contributed by atoms with Gasteiger partial charge in [0.2, 0.25) is 14.9 Å². The summed E-state index contributed by atoms with van der Waals surface area (Å²) in [6, 6.07) is 6.83. The number of aromatic amines is 1. The average Bonchev–Trinajstić information content (AvgIpc) is 3.03. The van der Waals surface area contributed by atoms with Crippen molar-refractivity contribution in [3.05, 3.63) is 56.2 Å². The Hall–Kier alpha value is -2.26. The summed E-state index contributed by atoms with van der Waals surface area (Å²) in [4.78, 5) is 16.5. The van der Waals surface area contributed by atoms with Gasteiger partial charge in [0.1, 0.15) is 0 Å². The second kappa shape index (κ2) is 5.87. The van der Waals surface area contributed by atoms with Crippen molar-refractivity contribution in [1.29, 1.82) is 0 Å². The lowest BCUT2D eigenvalue weighted by molar-refractivity contribution is 0.362. The molecule has 4 rings (SSSR count). The molecule has 0 fully saturated rings. The van der Waals surface area contributed by atoms with Gasteiger partial charge in [0.15, 0.2) is 5.65 Å². The number of aromatic nitrogens is 4. The standard InChI is InChI=1S/C18H17BrN4O3S/c1-10-8-12(19)14(9-18(10,2)3)27(25,26)17-15-20-16(24)11-6-4-5-7-13(11)23(15)22-21-17/h4-10,22H,1-3H3. The lowest BCUT2D eigenvalue weighted by Gasteiger charge is -2.31. The smallest absolute Gasteiger partial charge is 0.267 e. The number of rotatable bonds is 2. The predicted octanol–water partition coefficient (Wildman–Crippen LogP) is 3.18. The summed E-state index contributed by atoms with van der Waals surface area (Å²) in [7, 11) is -3.99. The van der Waals surface area contributed by atoms with Gasteiger partial charge in [-0.2, -0.15) is 4.98 Å². The number of para-hydroxylation sites is 1. The molecule has 2 heterocycles. The fourth-order valence-electron chi connectivity index (χ4n) is 3.11. The van der Waals surface area contributed by atoms with E-state index in [0.717, 1.165) is 0 Å². The molecule has 140 valence electrons. The first-order chi connectivity index (χ1) is 12.6. The summed E-state index contributed by atoms with van der Waals surface area (Å²) in [6.45, 7) is 5.97. The molecule has 0 amide bonds. The van der Waals surface area contributed by atoms with Crippen molar-refractivity contribution in [2.45, 2.75) is 25.8 Å². The third-order valence-corrected chi connectivity index (χ3v) is 7.74. The number of H-pyrrole nitrogens is 1. The minimum absolute atomic E-state index is 0.0173. The molecular formula is C18H17BrN4O3S. The van der Waals surface area contributed by atoms with E-state index in [1.807, 2.05) is 26.8 Å². The van der Waals surface area contributed by atoms with Crippen LogP contribution in [0.15, 0.2) is 55.6 Å². The first kappa shape index (κ1) is 18.1. The average molecular weight is 449 g/mol. The maximum absolute atomic E-state index is 13.3. The normalized spacial score (nSPS) is 19.9. The van der Waals surface area contributed by atoms with E-state index in [-0.39, 0.29) is 26.9 Å². The molecule has 1 unspecified atom stereocenters. The summed E-state index contributed by atoms with van der Waals surface area (Å²) >= 11 is 3.37. The van der Waals surface area contributed by atoms with Crippen molar-refractivity contribution < 1.29 is 8.42 Å². The van der Waals surface area contributed by atoms with Crippen LogP contribution < -0.4 is 5.56 Å². The molecule has 0 bridgehead atoms. The van der Waals surface area contributed by atoms with Crippen LogP contribution in [0.3, 0.4) is 0 Å². The van der Waals surface area contributed by atoms with Gasteiger partial charge in [-0.3, -0.25) is 4.79 Å². The molecule has 0 radical (unpaired) electrons. The Labute approximate surface area is 163 Å². The minimum Gasteiger partial charge on any atom is -0.267 e. The van der Waals surface area contributed by atoms with Crippen molar-refractivity contribution >= 4 is 42.3 Å². The molecule has 1 atom stereocenters. The van der Waals surface area contributed by atoms with Gasteiger partial charge in [-0.1, -0.05) is 45.1 Å². The zero-order valence-corrected chi connectivity index (χ0v) is 17.3. The second-order valence-corrected chi connectivity index (χ2v) is 9.93. The molecule has 9 heteroatoms. The predicted molar refractivity (Wildman–Crippen MR) is 106 cm³/mol. The SMILES string of the molecule is CC1C=C(Br)C(S(=O)(=O)c2n[nH]n3c2nc(=O)c2ccccc23)=CC1(C)C. The summed E-state index contributed by atoms with van der Waals surface area (Å²) in [5, 5.41) is 6.78. The van der Waals surface area contributed by atoms with E-state index in [4.69, 9.17) is 0 Å². The van der Waals surface area contributed by atoms with Gasteiger partial charge < -0.3 is 0 Å². The molecule has 1 aromatic carbocycles. The van der Waals surface area contributed by atoms with Crippen LogP contribution >= 0.6 is 15.9 Å². The van der Waals surface area contributed by atoms with Gasteiger partial charge in [0.05, 0.1) is 15.8 Å². The van der Waals surface area contributed by atoms with Crippen LogP contribution in [-0.2, 0) is 9.84 Å². The van der Waals surface area contributed by atoms with Crippen LogP contribution in [0.2, 0.25) is 0 Å². The number of nitrogens with zero attached hydrogens (tertiary/aromatic N) is 3. The molecule has 3 aromatic rings. The summed E-state index contributed by atoms with van der Waals surface area (Å²) < 4.78 is 28.6. The summed E-state index contributed by atoms with van der Waals surface area (Å²) in [5.41, 5.74) is -0.341. The molecule has 0 saturated carbocycles. The lowest BCUT2D eigenvalue weighted by Crippen LogP contribution is -2.24. The zero-order chi connectivity index (χ0) is 19.6. The van der Waals surface area contributed by atoms with Crippen molar-refractivity contribution in [3.8, 4) is 0 Å². The van der Waals surface area contributed by atoms with E-state index in [1.54, 1.807) is 30.3 Å². The van der Waals surface area contributed by atoms with Crippen LogP contribution in [0.1, 0.15) is 20.8 Å². The molecule has 7 nitrogen and oxygen atoms in total. The van der Waals surface area contributed by atoms with E-state index in [0.29, 0.717) is 15.4 Å². The van der Waals surface area contributed by atoms with Crippen LogP contribution in [0.25, 0.3) is 16.6 Å². The molecule has 1 aliphatic carbocycles. The highest BCUT2D eigenvalue weighted by Gasteiger charge is 2.36. The van der Waals surface area contributed by atoms with E-state index in [2.05, 4.69) is 31.2 Å². The largest absolute Gasteiger partial charge is 0.281 e. The Morgan fingerprint density at radius 1 is 1.26 bits per heavy atom. The first-order valence-electron chi connectivity index (χ1n) is 8.34. The van der Waals surface area contributed by atoms with Crippen molar-refractivity contribution in [1.82, 2.24) is 19.8 Å². The molecule has 1 N–H and O–H groups in total. The van der Waals surface area contributed by atoms with Gasteiger partial charge >= 0.3 is 0 Å². The number of hydrogen-bond acceptors (Lipinski definition) is 5. The number of fused-ring (bicyclic) bond motifs is 3. The minimum atomic E-state index is -3.99. The van der Waals surface area contributed by atoms with Crippen molar-refractivity contribution in [3.63, 3.8) is 0 Å². The number of allylic oxidation sites excluding steroid dienone is 3. The molecular weight excluding hydrogens is 432 g/mol. The highest BCUT2D eigenvalue weighted by atomic mass is 79.9. The van der Waals surface area contributed by atoms with Gasteiger partial charge in [-0.05, 0) is 39.4 Å².